The molecule has 0 atom stereocenters. The number of aromatic nitrogens is 1. The van der Waals surface area contributed by atoms with Gasteiger partial charge < -0.3 is 9.67 Å². The molecule has 0 saturated carbocycles. The molecule has 3 aromatic rings. The molecule has 1 aromatic heterocycles. The minimum absolute atomic E-state index is 0.0977. The first-order chi connectivity index (χ1) is 10.1. The summed E-state index contributed by atoms with van der Waals surface area (Å²) < 4.78 is 15.9. The van der Waals surface area contributed by atoms with Crippen LogP contribution in [0.1, 0.15) is 21.6 Å². The molecule has 4 heteroatoms. The zero-order chi connectivity index (χ0) is 15.0. The molecule has 106 valence electrons. The van der Waals surface area contributed by atoms with Crippen LogP contribution in [-0.4, -0.2) is 15.6 Å². The number of aryl methyl sites for hydroxylation is 1. The van der Waals surface area contributed by atoms with Crippen LogP contribution >= 0.6 is 0 Å². The van der Waals surface area contributed by atoms with Gasteiger partial charge in [0.1, 0.15) is 5.82 Å². The van der Waals surface area contributed by atoms with Gasteiger partial charge in [-0.25, -0.2) is 9.18 Å². The van der Waals surface area contributed by atoms with Crippen molar-refractivity contribution in [3.05, 3.63) is 71.2 Å². The van der Waals surface area contributed by atoms with Gasteiger partial charge in [-0.15, -0.1) is 0 Å². The van der Waals surface area contributed by atoms with E-state index >= 15 is 0 Å². The number of carbonyl (C=O) groups is 1. The van der Waals surface area contributed by atoms with E-state index in [1.807, 2.05) is 41.8 Å². The van der Waals surface area contributed by atoms with Crippen LogP contribution in [0.25, 0.3) is 10.9 Å². The Morgan fingerprint density at radius 2 is 1.95 bits per heavy atom. The Hall–Kier alpha value is -2.62. The van der Waals surface area contributed by atoms with Crippen LogP contribution in [0.5, 0.6) is 0 Å². The Bertz CT molecular complexity index is 836. The Morgan fingerprint density at radius 1 is 1.19 bits per heavy atom. The average molecular weight is 283 g/mol. The predicted molar refractivity (Wildman–Crippen MR) is 79.1 cm³/mol. The molecule has 0 aliphatic rings. The summed E-state index contributed by atoms with van der Waals surface area (Å²) in [7, 11) is 0. The molecule has 21 heavy (non-hydrogen) atoms. The normalized spacial score (nSPS) is 11.0. The maximum Gasteiger partial charge on any atom is 0.335 e. The van der Waals surface area contributed by atoms with Gasteiger partial charge in [-0.3, -0.25) is 0 Å². The van der Waals surface area contributed by atoms with Crippen molar-refractivity contribution in [2.75, 3.05) is 0 Å². The van der Waals surface area contributed by atoms with Crippen molar-refractivity contribution in [2.45, 2.75) is 13.5 Å². The lowest BCUT2D eigenvalue weighted by atomic mass is 10.1. The summed E-state index contributed by atoms with van der Waals surface area (Å²) in [5.41, 5.74) is 2.49. The molecule has 3 rings (SSSR count). The summed E-state index contributed by atoms with van der Waals surface area (Å²) in [5.74, 6) is -1.44. The van der Waals surface area contributed by atoms with Crippen molar-refractivity contribution >= 4 is 16.9 Å². The quantitative estimate of drug-likeness (QED) is 0.793. The van der Waals surface area contributed by atoms with Crippen LogP contribution in [0.2, 0.25) is 0 Å². The van der Waals surface area contributed by atoms with Gasteiger partial charge in [0.05, 0.1) is 12.1 Å². The fraction of sp³-hybridized carbons (Fsp3) is 0.118. The molecule has 0 fully saturated rings. The number of halogens is 1. The fourth-order valence-electron chi connectivity index (χ4n) is 2.56. The van der Waals surface area contributed by atoms with Crippen molar-refractivity contribution in [3.63, 3.8) is 0 Å². The molecule has 0 unspecified atom stereocenters. The maximum absolute atomic E-state index is 14.0. The molecule has 2 aromatic carbocycles. The number of carboxylic acids is 1. The molecule has 0 amide bonds. The number of carboxylic acid groups (broad SMARTS) is 1. The Labute approximate surface area is 121 Å². The number of aromatic carboxylic acids is 1. The number of para-hydroxylation sites is 1. The smallest absolute Gasteiger partial charge is 0.335 e. The second kappa shape index (κ2) is 5.05. The lowest BCUT2D eigenvalue weighted by molar-refractivity contribution is 0.0696. The summed E-state index contributed by atoms with van der Waals surface area (Å²) in [6.45, 7) is 2.27. The first-order valence-electron chi connectivity index (χ1n) is 6.63. The van der Waals surface area contributed by atoms with Crippen molar-refractivity contribution in [3.8, 4) is 0 Å². The van der Waals surface area contributed by atoms with Gasteiger partial charge in [0.2, 0.25) is 0 Å². The van der Waals surface area contributed by atoms with Crippen LogP contribution in [0.15, 0.2) is 48.5 Å². The summed E-state index contributed by atoms with van der Waals surface area (Å²) in [4.78, 5) is 11.0. The lowest BCUT2D eigenvalue weighted by Crippen LogP contribution is -2.06. The summed E-state index contributed by atoms with van der Waals surface area (Å²) in [6, 6.07) is 13.8. The molecule has 0 radical (unpaired) electrons. The molecular formula is C17H14FNO2. The van der Waals surface area contributed by atoms with E-state index in [9.17, 15) is 9.18 Å². The standard InChI is InChI=1S/C17H14FNO2/c1-11-8-12-4-2-3-5-16(12)19(11)10-14-9-13(17(20)21)6-7-15(14)18/h2-9H,10H2,1H3,(H,20,21). The molecule has 1 N–H and O–H groups in total. The molecule has 1 heterocycles. The van der Waals surface area contributed by atoms with Gasteiger partial charge in [-0.2, -0.15) is 0 Å². The SMILES string of the molecule is Cc1cc2ccccc2n1Cc1cc(C(=O)O)ccc1F. The summed E-state index contributed by atoms with van der Waals surface area (Å²) >= 11 is 0. The van der Waals surface area contributed by atoms with Gasteiger partial charge in [-0.05, 0) is 42.6 Å². The van der Waals surface area contributed by atoms with E-state index in [2.05, 4.69) is 0 Å². The minimum Gasteiger partial charge on any atom is -0.478 e. The molecular weight excluding hydrogens is 269 g/mol. The van der Waals surface area contributed by atoms with E-state index in [4.69, 9.17) is 5.11 Å². The molecule has 0 saturated heterocycles. The van der Waals surface area contributed by atoms with E-state index in [-0.39, 0.29) is 5.56 Å². The van der Waals surface area contributed by atoms with Crippen LogP contribution < -0.4 is 0 Å². The number of nitrogens with zero attached hydrogens (tertiary/aromatic N) is 1. The highest BCUT2D eigenvalue weighted by atomic mass is 19.1. The first kappa shape index (κ1) is 13.4. The average Bonchev–Trinajstić information content (AvgIpc) is 2.77. The summed E-state index contributed by atoms with van der Waals surface area (Å²) in [5, 5.41) is 10.1. The first-order valence-corrected chi connectivity index (χ1v) is 6.63. The monoisotopic (exact) mass is 283 g/mol. The van der Waals surface area contributed by atoms with E-state index in [0.29, 0.717) is 12.1 Å². The highest BCUT2D eigenvalue weighted by molar-refractivity contribution is 5.87. The number of fused-ring (bicyclic) bond motifs is 1. The lowest BCUT2D eigenvalue weighted by Gasteiger charge is -2.10. The van der Waals surface area contributed by atoms with Crippen LogP contribution in [0.3, 0.4) is 0 Å². The van der Waals surface area contributed by atoms with E-state index in [0.717, 1.165) is 16.6 Å². The van der Waals surface area contributed by atoms with Crippen LogP contribution in [0.4, 0.5) is 4.39 Å². The Balaban J connectivity index is 2.08. The number of rotatable bonds is 3. The third-order valence-corrected chi connectivity index (χ3v) is 3.64. The highest BCUT2D eigenvalue weighted by Crippen LogP contribution is 2.22. The zero-order valence-corrected chi connectivity index (χ0v) is 11.5. The van der Waals surface area contributed by atoms with Crippen molar-refractivity contribution < 1.29 is 14.3 Å². The number of benzene rings is 2. The zero-order valence-electron chi connectivity index (χ0n) is 11.5. The van der Waals surface area contributed by atoms with Crippen molar-refractivity contribution in [2.24, 2.45) is 0 Å². The second-order valence-electron chi connectivity index (χ2n) is 5.04. The topological polar surface area (TPSA) is 42.2 Å². The maximum atomic E-state index is 14.0. The third-order valence-electron chi connectivity index (χ3n) is 3.64. The summed E-state index contributed by atoms with van der Waals surface area (Å²) in [6.07, 6.45) is 0. The highest BCUT2D eigenvalue weighted by Gasteiger charge is 2.11. The van der Waals surface area contributed by atoms with Gasteiger partial charge in [0.25, 0.3) is 0 Å². The van der Waals surface area contributed by atoms with Gasteiger partial charge in [-0.1, -0.05) is 18.2 Å². The van der Waals surface area contributed by atoms with Gasteiger partial charge >= 0.3 is 5.97 Å². The van der Waals surface area contributed by atoms with Crippen LogP contribution in [0, 0.1) is 12.7 Å². The number of hydrogen-bond donors (Lipinski definition) is 1. The van der Waals surface area contributed by atoms with E-state index in [1.54, 1.807) is 0 Å². The molecule has 3 nitrogen and oxygen atoms in total. The van der Waals surface area contributed by atoms with Crippen molar-refractivity contribution in [1.82, 2.24) is 4.57 Å². The fourth-order valence-corrected chi connectivity index (χ4v) is 2.56. The minimum atomic E-state index is -1.05. The third kappa shape index (κ3) is 2.40. The molecule has 0 bridgehead atoms. The predicted octanol–water partition coefficient (Wildman–Crippen LogP) is 3.84. The largest absolute Gasteiger partial charge is 0.478 e. The number of hydrogen-bond acceptors (Lipinski definition) is 1. The second-order valence-corrected chi connectivity index (χ2v) is 5.04. The van der Waals surface area contributed by atoms with Gasteiger partial charge in [0.15, 0.2) is 0 Å². The van der Waals surface area contributed by atoms with Gasteiger partial charge in [0, 0.05) is 16.8 Å². The molecule has 0 aliphatic heterocycles. The Kier molecular flexibility index (Phi) is 3.22. The van der Waals surface area contributed by atoms with Crippen molar-refractivity contribution in [1.29, 1.82) is 0 Å². The molecule has 0 spiro atoms. The van der Waals surface area contributed by atoms with Crippen LogP contribution in [-0.2, 0) is 6.54 Å². The van der Waals surface area contributed by atoms with E-state index < -0.39 is 11.8 Å². The molecule has 0 aliphatic carbocycles. The Morgan fingerprint density at radius 3 is 2.71 bits per heavy atom. The van der Waals surface area contributed by atoms with E-state index in [1.165, 1.54) is 18.2 Å².